The molecule has 1 saturated heterocycles. The zero-order valence-corrected chi connectivity index (χ0v) is 10.1. The second-order valence-corrected chi connectivity index (χ2v) is 4.71. The second-order valence-electron chi connectivity index (χ2n) is 4.71. The van der Waals surface area contributed by atoms with Crippen molar-refractivity contribution < 1.29 is 9.53 Å². The molecule has 0 radical (unpaired) electrons. The molecule has 0 spiro atoms. The van der Waals surface area contributed by atoms with E-state index < -0.39 is 5.60 Å². The van der Waals surface area contributed by atoms with Crippen molar-refractivity contribution in [2.24, 2.45) is 0 Å². The largest absolute Gasteiger partial charge is 0.460 e. The first-order valence-corrected chi connectivity index (χ1v) is 5.47. The summed E-state index contributed by atoms with van der Waals surface area (Å²) < 4.78 is 5.18. The number of ether oxygens (including phenoxy) is 1. The summed E-state index contributed by atoms with van der Waals surface area (Å²) in [6.07, 6.45) is 4.30. The van der Waals surface area contributed by atoms with Gasteiger partial charge in [-0.3, -0.25) is 9.69 Å². The quantitative estimate of drug-likeness (QED) is 0.528. The molecule has 1 aliphatic rings. The maximum atomic E-state index is 10.5. The van der Waals surface area contributed by atoms with Crippen molar-refractivity contribution in [1.82, 2.24) is 4.90 Å². The van der Waals surface area contributed by atoms with E-state index >= 15 is 0 Å². The minimum atomic E-state index is -0.412. The number of carbonyl (C=O) groups is 1. The Morgan fingerprint density at radius 1 is 1.53 bits per heavy atom. The van der Waals surface area contributed by atoms with Crippen molar-refractivity contribution in [3.05, 3.63) is 11.6 Å². The van der Waals surface area contributed by atoms with Gasteiger partial charge in [0.05, 0.1) is 6.04 Å². The SMILES string of the molecule is C/C=C1/CCN(C)C(C(C)(C)OC=O)C1. The van der Waals surface area contributed by atoms with Gasteiger partial charge >= 0.3 is 0 Å². The highest BCUT2D eigenvalue weighted by molar-refractivity contribution is 5.38. The highest BCUT2D eigenvalue weighted by Gasteiger charge is 2.36. The molecule has 3 heteroatoms. The summed E-state index contributed by atoms with van der Waals surface area (Å²) in [6.45, 7) is 7.61. The normalized spacial score (nSPS) is 26.7. The van der Waals surface area contributed by atoms with Crippen LogP contribution in [0.2, 0.25) is 0 Å². The van der Waals surface area contributed by atoms with E-state index in [4.69, 9.17) is 4.74 Å². The van der Waals surface area contributed by atoms with Crippen molar-refractivity contribution in [3.63, 3.8) is 0 Å². The summed E-state index contributed by atoms with van der Waals surface area (Å²) >= 11 is 0. The van der Waals surface area contributed by atoms with Crippen LogP contribution in [0.5, 0.6) is 0 Å². The predicted octanol–water partition coefficient (Wildman–Crippen LogP) is 1.98. The lowest BCUT2D eigenvalue weighted by Gasteiger charge is -2.42. The molecule has 0 saturated carbocycles. The number of piperidine rings is 1. The van der Waals surface area contributed by atoms with Crippen molar-refractivity contribution >= 4 is 6.47 Å². The van der Waals surface area contributed by atoms with Crippen LogP contribution in [0.1, 0.15) is 33.6 Å². The number of likely N-dealkylation sites (tertiary alicyclic amines) is 1. The third-order valence-corrected chi connectivity index (χ3v) is 3.34. The molecular formula is C12H21NO2. The van der Waals surface area contributed by atoms with Gasteiger partial charge in [-0.15, -0.1) is 0 Å². The molecule has 0 N–H and O–H groups in total. The number of rotatable bonds is 3. The van der Waals surface area contributed by atoms with E-state index in [1.54, 1.807) is 0 Å². The summed E-state index contributed by atoms with van der Waals surface area (Å²) in [5.74, 6) is 0. The van der Waals surface area contributed by atoms with Gasteiger partial charge in [-0.25, -0.2) is 0 Å². The lowest BCUT2D eigenvalue weighted by molar-refractivity contribution is -0.147. The number of hydrogen-bond acceptors (Lipinski definition) is 3. The predicted molar refractivity (Wildman–Crippen MR) is 60.6 cm³/mol. The van der Waals surface area contributed by atoms with E-state index in [2.05, 4.69) is 24.9 Å². The maximum Gasteiger partial charge on any atom is 0.293 e. The number of carbonyl (C=O) groups excluding carboxylic acids is 1. The van der Waals surface area contributed by atoms with Crippen LogP contribution in [0, 0.1) is 0 Å². The minimum absolute atomic E-state index is 0.280. The van der Waals surface area contributed by atoms with Crippen LogP contribution in [0.4, 0.5) is 0 Å². The molecule has 0 aromatic carbocycles. The molecule has 1 heterocycles. The van der Waals surface area contributed by atoms with Gasteiger partial charge < -0.3 is 4.74 Å². The molecule has 1 unspecified atom stereocenters. The molecule has 1 fully saturated rings. The van der Waals surface area contributed by atoms with Crippen LogP contribution in [0.15, 0.2) is 11.6 Å². The Morgan fingerprint density at radius 2 is 2.20 bits per heavy atom. The fourth-order valence-corrected chi connectivity index (χ4v) is 2.22. The first-order valence-electron chi connectivity index (χ1n) is 5.47. The molecule has 0 amide bonds. The number of allylic oxidation sites excluding steroid dienone is 1. The van der Waals surface area contributed by atoms with Crippen LogP contribution in [0.25, 0.3) is 0 Å². The zero-order chi connectivity index (χ0) is 11.5. The fraction of sp³-hybridized carbons (Fsp3) is 0.750. The average Bonchev–Trinajstić information content (AvgIpc) is 2.18. The average molecular weight is 211 g/mol. The van der Waals surface area contributed by atoms with Crippen molar-refractivity contribution in [3.8, 4) is 0 Å². The van der Waals surface area contributed by atoms with Crippen LogP contribution in [-0.4, -0.2) is 36.6 Å². The smallest absolute Gasteiger partial charge is 0.293 e. The van der Waals surface area contributed by atoms with Gasteiger partial charge in [-0.1, -0.05) is 11.6 Å². The van der Waals surface area contributed by atoms with Crippen molar-refractivity contribution in [2.75, 3.05) is 13.6 Å². The standard InChI is InChI=1S/C12H21NO2/c1-5-10-6-7-13(4)11(8-10)12(2,3)15-9-14/h5,9,11H,6-8H2,1-4H3/b10-5-. The third-order valence-electron chi connectivity index (χ3n) is 3.34. The molecule has 0 aromatic heterocycles. The fourth-order valence-electron chi connectivity index (χ4n) is 2.22. The van der Waals surface area contributed by atoms with Gasteiger partial charge in [-0.2, -0.15) is 0 Å². The summed E-state index contributed by atoms with van der Waals surface area (Å²) in [4.78, 5) is 12.7. The molecule has 0 aromatic rings. The summed E-state index contributed by atoms with van der Waals surface area (Å²) in [6, 6.07) is 0.280. The van der Waals surface area contributed by atoms with Crippen LogP contribution in [0.3, 0.4) is 0 Å². The first kappa shape index (κ1) is 12.2. The van der Waals surface area contributed by atoms with Gasteiger partial charge in [0, 0.05) is 6.54 Å². The zero-order valence-electron chi connectivity index (χ0n) is 10.1. The Balaban J connectivity index is 2.77. The Hall–Kier alpha value is -0.830. The topological polar surface area (TPSA) is 29.5 Å². The molecule has 1 atom stereocenters. The molecule has 15 heavy (non-hydrogen) atoms. The van der Waals surface area contributed by atoms with E-state index in [-0.39, 0.29) is 6.04 Å². The minimum Gasteiger partial charge on any atom is -0.460 e. The van der Waals surface area contributed by atoms with Gasteiger partial charge in [0.25, 0.3) is 6.47 Å². The third kappa shape index (κ3) is 2.81. The first-order chi connectivity index (χ1) is 7.01. The van der Waals surface area contributed by atoms with Crippen LogP contribution < -0.4 is 0 Å². The van der Waals surface area contributed by atoms with Gasteiger partial charge in [0.15, 0.2) is 0 Å². The Kier molecular flexibility index (Phi) is 3.91. The molecular weight excluding hydrogens is 190 g/mol. The summed E-state index contributed by atoms with van der Waals surface area (Å²) in [5, 5.41) is 0. The highest BCUT2D eigenvalue weighted by Crippen LogP contribution is 2.29. The Morgan fingerprint density at radius 3 is 2.73 bits per heavy atom. The molecule has 1 aliphatic heterocycles. The van der Waals surface area contributed by atoms with Crippen LogP contribution in [-0.2, 0) is 9.53 Å². The lowest BCUT2D eigenvalue weighted by Crippen LogP contribution is -2.51. The van der Waals surface area contributed by atoms with Gasteiger partial charge in [0.1, 0.15) is 5.60 Å². The van der Waals surface area contributed by atoms with Crippen LogP contribution >= 0.6 is 0 Å². The van der Waals surface area contributed by atoms with E-state index in [1.807, 2.05) is 13.8 Å². The van der Waals surface area contributed by atoms with E-state index in [1.165, 1.54) is 5.57 Å². The molecule has 0 bridgehead atoms. The van der Waals surface area contributed by atoms with Gasteiger partial charge in [0.2, 0.25) is 0 Å². The number of nitrogens with zero attached hydrogens (tertiary/aromatic N) is 1. The Labute approximate surface area is 92.1 Å². The van der Waals surface area contributed by atoms with E-state index in [0.717, 1.165) is 19.4 Å². The summed E-state index contributed by atoms with van der Waals surface area (Å²) in [5.41, 5.74) is 1.05. The summed E-state index contributed by atoms with van der Waals surface area (Å²) in [7, 11) is 2.09. The maximum absolute atomic E-state index is 10.5. The molecule has 1 rings (SSSR count). The Bertz CT molecular complexity index is 258. The highest BCUT2D eigenvalue weighted by atomic mass is 16.5. The monoisotopic (exact) mass is 211 g/mol. The molecule has 86 valence electrons. The molecule has 0 aliphatic carbocycles. The number of likely N-dealkylation sites (N-methyl/N-ethyl adjacent to an activating group) is 1. The van der Waals surface area contributed by atoms with E-state index in [0.29, 0.717) is 6.47 Å². The van der Waals surface area contributed by atoms with Crippen molar-refractivity contribution in [1.29, 1.82) is 0 Å². The van der Waals surface area contributed by atoms with E-state index in [9.17, 15) is 4.79 Å². The van der Waals surface area contributed by atoms with Crippen molar-refractivity contribution in [2.45, 2.75) is 45.3 Å². The number of hydrogen-bond donors (Lipinski definition) is 0. The molecule has 3 nitrogen and oxygen atoms in total. The second kappa shape index (κ2) is 4.79. The van der Waals surface area contributed by atoms with Gasteiger partial charge in [-0.05, 0) is 40.7 Å². The lowest BCUT2D eigenvalue weighted by atomic mass is 9.86.